The van der Waals surface area contributed by atoms with Crippen molar-refractivity contribution >= 4 is 0 Å². The topological polar surface area (TPSA) is 68.0 Å². The molecule has 0 spiro atoms. The molecule has 0 unspecified atom stereocenters. The van der Waals surface area contributed by atoms with Crippen LogP contribution in [0.15, 0.2) is 54.7 Å². The summed E-state index contributed by atoms with van der Waals surface area (Å²) in [4.78, 5) is 8.89. The molecule has 118 valence electrons. The zero-order valence-electron chi connectivity index (χ0n) is 13.4. The van der Waals surface area contributed by atoms with Crippen molar-refractivity contribution in [2.75, 3.05) is 14.2 Å². The average Bonchev–Trinajstić information content (AvgIpc) is 2.67. The van der Waals surface area contributed by atoms with Gasteiger partial charge in [-0.15, -0.1) is 0 Å². The Morgan fingerprint density at radius 3 is 2.29 bits per heavy atom. The summed E-state index contributed by atoms with van der Waals surface area (Å²) in [5.41, 5.74) is 2.88. The maximum Gasteiger partial charge on any atom is 0.161 e. The van der Waals surface area contributed by atoms with E-state index in [4.69, 9.17) is 9.47 Å². The molecule has 0 fully saturated rings. The van der Waals surface area contributed by atoms with Gasteiger partial charge in [-0.3, -0.25) is 0 Å². The highest BCUT2D eigenvalue weighted by molar-refractivity contribution is 5.69. The normalized spacial score (nSPS) is 10.0. The molecule has 0 radical (unpaired) electrons. The number of rotatable bonds is 4. The van der Waals surface area contributed by atoms with Crippen molar-refractivity contribution in [2.45, 2.75) is 0 Å². The van der Waals surface area contributed by atoms with Gasteiger partial charge in [0.15, 0.2) is 5.82 Å². The van der Waals surface area contributed by atoms with Crippen LogP contribution in [0, 0.1) is 11.3 Å². The minimum atomic E-state index is 0.473. The van der Waals surface area contributed by atoms with E-state index < -0.39 is 0 Å². The van der Waals surface area contributed by atoms with E-state index in [1.165, 1.54) is 0 Å². The second-order valence-corrected chi connectivity index (χ2v) is 5.02. The van der Waals surface area contributed by atoms with Gasteiger partial charge < -0.3 is 9.47 Å². The summed E-state index contributed by atoms with van der Waals surface area (Å²) in [6, 6.07) is 16.9. The Kier molecular flexibility index (Phi) is 4.39. The van der Waals surface area contributed by atoms with Crippen molar-refractivity contribution < 1.29 is 9.47 Å². The first-order valence-corrected chi connectivity index (χ1v) is 7.31. The number of hydrogen-bond donors (Lipinski definition) is 0. The lowest BCUT2D eigenvalue weighted by molar-refractivity contribution is 0.414. The van der Waals surface area contributed by atoms with Crippen LogP contribution in [0.5, 0.6) is 11.5 Å². The van der Waals surface area contributed by atoms with Crippen LogP contribution < -0.4 is 9.47 Å². The van der Waals surface area contributed by atoms with Crippen molar-refractivity contribution in [3.05, 3.63) is 60.3 Å². The highest BCUT2D eigenvalue weighted by Gasteiger charge is 2.10. The summed E-state index contributed by atoms with van der Waals surface area (Å²) in [7, 11) is 3.20. The van der Waals surface area contributed by atoms with Gasteiger partial charge >= 0.3 is 0 Å². The molecule has 0 amide bonds. The van der Waals surface area contributed by atoms with Gasteiger partial charge in [-0.25, -0.2) is 9.97 Å². The lowest BCUT2D eigenvalue weighted by Crippen LogP contribution is -1.95. The van der Waals surface area contributed by atoms with E-state index in [2.05, 4.69) is 16.0 Å². The van der Waals surface area contributed by atoms with Gasteiger partial charge in [0.05, 0.1) is 25.5 Å². The molecule has 3 rings (SSSR count). The zero-order chi connectivity index (χ0) is 16.9. The Bertz CT molecular complexity index is 899. The maximum absolute atomic E-state index is 9.37. The highest BCUT2D eigenvalue weighted by Crippen LogP contribution is 2.27. The van der Waals surface area contributed by atoms with Crippen LogP contribution in [-0.4, -0.2) is 24.2 Å². The number of hydrogen-bond acceptors (Lipinski definition) is 5. The molecule has 0 aliphatic carbocycles. The molecule has 3 aromatic rings. The van der Waals surface area contributed by atoms with Gasteiger partial charge in [0, 0.05) is 17.3 Å². The molecule has 5 heteroatoms. The molecule has 24 heavy (non-hydrogen) atoms. The van der Waals surface area contributed by atoms with Crippen molar-refractivity contribution in [1.29, 1.82) is 5.26 Å². The van der Waals surface area contributed by atoms with E-state index >= 15 is 0 Å². The molecule has 1 heterocycles. The van der Waals surface area contributed by atoms with Gasteiger partial charge in [0.1, 0.15) is 17.6 Å². The second kappa shape index (κ2) is 6.80. The molecule has 5 nitrogen and oxygen atoms in total. The minimum Gasteiger partial charge on any atom is -0.497 e. The summed E-state index contributed by atoms with van der Waals surface area (Å²) >= 11 is 0. The summed E-state index contributed by atoms with van der Waals surface area (Å²) in [6.45, 7) is 0. The first kappa shape index (κ1) is 15.5. The Morgan fingerprint density at radius 2 is 1.62 bits per heavy atom. The van der Waals surface area contributed by atoms with Crippen LogP contribution in [0.4, 0.5) is 0 Å². The van der Waals surface area contributed by atoms with E-state index in [1.54, 1.807) is 38.6 Å². The van der Waals surface area contributed by atoms with Gasteiger partial charge in [-0.1, -0.05) is 0 Å². The van der Waals surface area contributed by atoms with Crippen LogP contribution in [0.1, 0.15) is 5.56 Å². The van der Waals surface area contributed by atoms with Crippen molar-refractivity contribution in [3.8, 4) is 40.2 Å². The first-order valence-electron chi connectivity index (χ1n) is 7.31. The number of ether oxygens (including phenoxy) is 2. The third kappa shape index (κ3) is 3.03. The SMILES string of the molecule is COc1ccc(-c2ccnc(-c3ccc(OC)cc3C#N)n2)cc1. The average molecular weight is 317 g/mol. The predicted molar refractivity (Wildman–Crippen MR) is 90.7 cm³/mol. The molecule has 1 aromatic heterocycles. The van der Waals surface area contributed by atoms with E-state index in [-0.39, 0.29) is 0 Å². The number of nitrogens with zero attached hydrogens (tertiary/aromatic N) is 3. The fourth-order valence-electron chi connectivity index (χ4n) is 2.35. The standard InChI is InChI=1S/C19H15N3O2/c1-23-15-5-3-13(4-6-15)18-9-10-21-19(22-18)17-8-7-16(24-2)11-14(17)12-20/h3-11H,1-2H3. The number of methoxy groups -OCH3 is 2. The summed E-state index contributed by atoms with van der Waals surface area (Å²) in [5.74, 6) is 1.92. The quantitative estimate of drug-likeness (QED) is 0.734. The van der Waals surface area contributed by atoms with Crippen molar-refractivity contribution in [2.24, 2.45) is 0 Å². The summed E-state index contributed by atoms with van der Waals surface area (Å²) in [6.07, 6.45) is 1.69. The molecule has 0 aliphatic rings. The molecular formula is C19H15N3O2. The highest BCUT2D eigenvalue weighted by atomic mass is 16.5. The van der Waals surface area contributed by atoms with Gasteiger partial charge in [-0.05, 0) is 48.5 Å². The molecule has 0 aliphatic heterocycles. The molecule has 0 bridgehead atoms. The predicted octanol–water partition coefficient (Wildman–Crippen LogP) is 3.70. The van der Waals surface area contributed by atoms with E-state index in [0.29, 0.717) is 22.7 Å². The number of benzene rings is 2. The van der Waals surface area contributed by atoms with Crippen LogP contribution in [0.3, 0.4) is 0 Å². The molecule has 0 saturated heterocycles. The van der Waals surface area contributed by atoms with E-state index in [0.717, 1.165) is 17.0 Å². The molecule has 0 atom stereocenters. The summed E-state index contributed by atoms with van der Waals surface area (Å²) < 4.78 is 10.3. The monoisotopic (exact) mass is 317 g/mol. The van der Waals surface area contributed by atoms with Crippen LogP contribution in [-0.2, 0) is 0 Å². The fraction of sp³-hybridized carbons (Fsp3) is 0.105. The van der Waals surface area contributed by atoms with Gasteiger partial charge in [0.2, 0.25) is 0 Å². The molecular weight excluding hydrogens is 302 g/mol. The zero-order valence-corrected chi connectivity index (χ0v) is 13.4. The Balaban J connectivity index is 2.03. The van der Waals surface area contributed by atoms with Gasteiger partial charge in [0.25, 0.3) is 0 Å². The van der Waals surface area contributed by atoms with Crippen molar-refractivity contribution in [1.82, 2.24) is 9.97 Å². The number of aromatic nitrogens is 2. The number of nitriles is 1. The lowest BCUT2D eigenvalue weighted by atomic mass is 10.1. The third-order valence-corrected chi connectivity index (χ3v) is 3.63. The molecule has 2 aromatic carbocycles. The van der Waals surface area contributed by atoms with Crippen LogP contribution in [0.25, 0.3) is 22.6 Å². The third-order valence-electron chi connectivity index (χ3n) is 3.63. The lowest BCUT2D eigenvalue weighted by Gasteiger charge is -2.08. The van der Waals surface area contributed by atoms with Crippen LogP contribution >= 0.6 is 0 Å². The first-order chi connectivity index (χ1) is 11.7. The summed E-state index contributed by atoms with van der Waals surface area (Å²) in [5, 5.41) is 9.37. The van der Waals surface area contributed by atoms with Gasteiger partial charge in [-0.2, -0.15) is 5.26 Å². The van der Waals surface area contributed by atoms with Crippen LogP contribution in [0.2, 0.25) is 0 Å². The Labute approximate surface area is 140 Å². The van der Waals surface area contributed by atoms with E-state index in [9.17, 15) is 5.26 Å². The largest absolute Gasteiger partial charge is 0.497 e. The van der Waals surface area contributed by atoms with Crippen molar-refractivity contribution in [3.63, 3.8) is 0 Å². The minimum absolute atomic E-state index is 0.473. The fourth-order valence-corrected chi connectivity index (χ4v) is 2.35. The molecule has 0 saturated carbocycles. The Hall–Kier alpha value is -3.39. The smallest absolute Gasteiger partial charge is 0.161 e. The molecule has 0 N–H and O–H groups in total. The second-order valence-electron chi connectivity index (χ2n) is 5.02. The Morgan fingerprint density at radius 1 is 0.917 bits per heavy atom. The maximum atomic E-state index is 9.37. The van der Waals surface area contributed by atoms with E-state index in [1.807, 2.05) is 30.3 Å².